The number of carbonyl (C=O) groups is 2. The molecule has 1 fully saturated rings. The number of benzene rings is 2. The summed E-state index contributed by atoms with van der Waals surface area (Å²) in [6.07, 6.45) is 2.32. The molecule has 0 unspecified atom stereocenters. The number of esters is 1. The molecule has 0 spiro atoms. The Hall–Kier alpha value is -2.95. The second-order valence-corrected chi connectivity index (χ2v) is 6.64. The molecule has 4 rings (SSSR count). The molecular weight excluding hydrogens is 328 g/mol. The number of aromatic nitrogens is 2. The summed E-state index contributed by atoms with van der Waals surface area (Å²) in [4.78, 5) is 28.9. The molecule has 1 atom stereocenters. The third kappa shape index (κ3) is 3.01. The van der Waals surface area contributed by atoms with Crippen LogP contribution in [-0.4, -0.2) is 27.4 Å². The minimum absolute atomic E-state index is 0.0230. The van der Waals surface area contributed by atoms with Crippen LogP contribution in [0.3, 0.4) is 0 Å². The molecule has 1 aliphatic rings. The summed E-state index contributed by atoms with van der Waals surface area (Å²) in [5.74, 6) is 0.410. The normalized spacial score (nSPS) is 17.4. The maximum atomic E-state index is 12.5. The minimum atomic E-state index is -0.601. The number of Topliss-reactive ketones (excluding diaryl/α,β-unsaturated/α-hetero) is 1. The lowest BCUT2D eigenvalue weighted by Gasteiger charge is -2.20. The molecular formula is C21H20N2O3. The standard InChI is InChI=1S/C21H20N2O3/c1-14-22-17-13-15(21(25)26-20-10-6-5-9-19(20)24)11-12-18(17)23(14)16-7-3-2-4-8-16/h2-4,7-8,11-13,20H,5-6,9-10H2,1H3/t20-/m0/s1. The van der Waals surface area contributed by atoms with Gasteiger partial charge >= 0.3 is 5.97 Å². The van der Waals surface area contributed by atoms with Crippen molar-refractivity contribution in [1.82, 2.24) is 9.55 Å². The van der Waals surface area contributed by atoms with Crippen molar-refractivity contribution in [2.45, 2.75) is 38.7 Å². The summed E-state index contributed by atoms with van der Waals surface area (Å²) in [5, 5.41) is 0. The van der Waals surface area contributed by atoms with Gasteiger partial charge in [-0.1, -0.05) is 18.2 Å². The zero-order valence-corrected chi connectivity index (χ0v) is 14.6. The summed E-state index contributed by atoms with van der Waals surface area (Å²) < 4.78 is 7.49. The molecule has 5 nitrogen and oxygen atoms in total. The van der Waals surface area contributed by atoms with Gasteiger partial charge in [0.1, 0.15) is 5.82 Å². The lowest BCUT2D eigenvalue weighted by Crippen LogP contribution is -2.30. The van der Waals surface area contributed by atoms with E-state index in [1.165, 1.54) is 0 Å². The second kappa shape index (κ2) is 6.75. The molecule has 0 bridgehead atoms. The number of ketones is 1. The number of aryl methyl sites for hydroxylation is 1. The van der Waals surface area contributed by atoms with E-state index in [1.807, 2.05) is 43.3 Å². The van der Waals surface area contributed by atoms with Gasteiger partial charge < -0.3 is 4.74 Å². The lowest BCUT2D eigenvalue weighted by molar-refractivity contribution is -0.129. The van der Waals surface area contributed by atoms with E-state index in [0.717, 1.165) is 35.4 Å². The zero-order chi connectivity index (χ0) is 18.1. The van der Waals surface area contributed by atoms with Crippen molar-refractivity contribution in [2.24, 2.45) is 0 Å². The Balaban J connectivity index is 1.64. The van der Waals surface area contributed by atoms with Crippen LogP contribution in [-0.2, 0) is 9.53 Å². The van der Waals surface area contributed by atoms with Gasteiger partial charge in [-0.05, 0) is 56.5 Å². The summed E-state index contributed by atoms with van der Waals surface area (Å²) in [6.45, 7) is 1.94. The number of rotatable bonds is 3. The van der Waals surface area contributed by atoms with Crippen LogP contribution in [0.5, 0.6) is 0 Å². The molecule has 1 aliphatic carbocycles. The third-order valence-electron chi connectivity index (χ3n) is 4.82. The average Bonchev–Trinajstić information content (AvgIpc) is 2.99. The van der Waals surface area contributed by atoms with E-state index in [1.54, 1.807) is 12.1 Å². The van der Waals surface area contributed by atoms with Gasteiger partial charge in [-0.3, -0.25) is 9.36 Å². The van der Waals surface area contributed by atoms with E-state index in [-0.39, 0.29) is 5.78 Å². The highest BCUT2D eigenvalue weighted by atomic mass is 16.5. The van der Waals surface area contributed by atoms with Crippen molar-refractivity contribution >= 4 is 22.8 Å². The van der Waals surface area contributed by atoms with Crippen LogP contribution in [0.25, 0.3) is 16.7 Å². The molecule has 1 heterocycles. The summed E-state index contributed by atoms with van der Waals surface area (Å²) in [7, 11) is 0. The molecule has 0 saturated heterocycles. The predicted octanol–water partition coefficient (Wildman–Crippen LogP) is 4.00. The molecule has 1 aromatic heterocycles. The number of nitrogens with zero attached hydrogens (tertiary/aromatic N) is 2. The zero-order valence-electron chi connectivity index (χ0n) is 14.6. The number of hydrogen-bond donors (Lipinski definition) is 0. The van der Waals surface area contributed by atoms with Gasteiger partial charge in [0.25, 0.3) is 0 Å². The van der Waals surface area contributed by atoms with E-state index in [2.05, 4.69) is 9.55 Å². The Labute approximate surface area is 151 Å². The molecule has 0 amide bonds. The molecule has 0 aliphatic heterocycles. The van der Waals surface area contributed by atoms with Gasteiger partial charge in [0.15, 0.2) is 11.9 Å². The number of imidazole rings is 1. The topological polar surface area (TPSA) is 61.2 Å². The van der Waals surface area contributed by atoms with E-state index in [9.17, 15) is 9.59 Å². The minimum Gasteiger partial charge on any atom is -0.451 e. The SMILES string of the molecule is Cc1nc2cc(C(=O)O[C@H]3CCCCC3=O)ccc2n1-c1ccccc1. The van der Waals surface area contributed by atoms with Crippen molar-refractivity contribution in [1.29, 1.82) is 0 Å². The number of para-hydroxylation sites is 1. The molecule has 2 aromatic carbocycles. The van der Waals surface area contributed by atoms with Gasteiger partial charge in [0, 0.05) is 12.1 Å². The first kappa shape index (κ1) is 16.5. The Morgan fingerprint density at radius 3 is 2.73 bits per heavy atom. The monoisotopic (exact) mass is 348 g/mol. The molecule has 3 aromatic rings. The van der Waals surface area contributed by atoms with Gasteiger partial charge in [-0.25, -0.2) is 9.78 Å². The van der Waals surface area contributed by atoms with E-state index >= 15 is 0 Å². The van der Waals surface area contributed by atoms with Crippen molar-refractivity contribution in [3.05, 3.63) is 59.9 Å². The van der Waals surface area contributed by atoms with Crippen LogP contribution in [0.15, 0.2) is 48.5 Å². The van der Waals surface area contributed by atoms with Crippen LogP contribution in [0.4, 0.5) is 0 Å². The highest BCUT2D eigenvalue weighted by Gasteiger charge is 2.26. The van der Waals surface area contributed by atoms with E-state index < -0.39 is 12.1 Å². The fourth-order valence-corrected chi connectivity index (χ4v) is 3.50. The Kier molecular flexibility index (Phi) is 4.29. The molecule has 5 heteroatoms. The Morgan fingerprint density at radius 1 is 1.15 bits per heavy atom. The van der Waals surface area contributed by atoms with Crippen LogP contribution < -0.4 is 0 Å². The summed E-state index contributed by atoms with van der Waals surface area (Å²) in [6, 6.07) is 15.3. The van der Waals surface area contributed by atoms with Crippen LogP contribution in [0.1, 0.15) is 41.9 Å². The quantitative estimate of drug-likeness (QED) is 0.671. The molecule has 0 N–H and O–H groups in total. The summed E-state index contributed by atoms with van der Waals surface area (Å²) >= 11 is 0. The second-order valence-electron chi connectivity index (χ2n) is 6.64. The predicted molar refractivity (Wildman–Crippen MR) is 98.5 cm³/mol. The third-order valence-corrected chi connectivity index (χ3v) is 4.82. The van der Waals surface area contributed by atoms with Gasteiger partial charge in [-0.15, -0.1) is 0 Å². The Morgan fingerprint density at radius 2 is 1.96 bits per heavy atom. The van der Waals surface area contributed by atoms with Crippen molar-refractivity contribution < 1.29 is 14.3 Å². The number of hydrogen-bond acceptors (Lipinski definition) is 4. The summed E-state index contributed by atoms with van der Waals surface area (Å²) in [5.41, 5.74) is 3.11. The van der Waals surface area contributed by atoms with Gasteiger partial charge in [0.2, 0.25) is 0 Å². The Bertz CT molecular complexity index is 976. The van der Waals surface area contributed by atoms with E-state index in [0.29, 0.717) is 18.4 Å². The molecule has 132 valence electrons. The van der Waals surface area contributed by atoms with Crippen LogP contribution in [0.2, 0.25) is 0 Å². The number of ether oxygens (including phenoxy) is 1. The highest BCUT2D eigenvalue weighted by molar-refractivity contribution is 5.96. The lowest BCUT2D eigenvalue weighted by atomic mass is 9.96. The fraction of sp³-hybridized carbons (Fsp3) is 0.286. The average molecular weight is 348 g/mol. The van der Waals surface area contributed by atoms with Crippen molar-refractivity contribution in [3.8, 4) is 5.69 Å². The van der Waals surface area contributed by atoms with E-state index in [4.69, 9.17) is 4.74 Å². The van der Waals surface area contributed by atoms with Crippen LogP contribution >= 0.6 is 0 Å². The molecule has 1 saturated carbocycles. The highest BCUT2D eigenvalue weighted by Crippen LogP contribution is 2.24. The number of fused-ring (bicyclic) bond motifs is 1. The van der Waals surface area contributed by atoms with Crippen molar-refractivity contribution in [3.63, 3.8) is 0 Å². The number of carbonyl (C=O) groups excluding carboxylic acids is 2. The van der Waals surface area contributed by atoms with Gasteiger partial charge in [-0.2, -0.15) is 0 Å². The molecule has 0 radical (unpaired) electrons. The maximum absolute atomic E-state index is 12.5. The van der Waals surface area contributed by atoms with Gasteiger partial charge in [0.05, 0.1) is 16.6 Å². The first-order valence-corrected chi connectivity index (χ1v) is 8.92. The van der Waals surface area contributed by atoms with Crippen LogP contribution in [0, 0.1) is 6.92 Å². The largest absolute Gasteiger partial charge is 0.451 e. The smallest absolute Gasteiger partial charge is 0.338 e. The molecule has 26 heavy (non-hydrogen) atoms. The van der Waals surface area contributed by atoms with Crippen molar-refractivity contribution in [2.75, 3.05) is 0 Å². The first-order valence-electron chi connectivity index (χ1n) is 8.92. The fourth-order valence-electron chi connectivity index (χ4n) is 3.50. The maximum Gasteiger partial charge on any atom is 0.338 e. The first-order chi connectivity index (χ1) is 12.6.